The van der Waals surface area contributed by atoms with E-state index in [0.29, 0.717) is 6.42 Å². The van der Waals surface area contributed by atoms with Crippen LogP contribution >= 0.6 is 0 Å². The third kappa shape index (κ3) is 4.96. The van der Waals surface area contributed by atoms with Crippen LogP contribution in [0.2, 0.25) is 0 Å². The molecule has 12 heteroatoms. The summed E-state index contributed by atoms with van der Waals surface area (Å²) in [5.41, 5.74) is -1.48. The van der Waals surface area contributed by atoms with E-state index < -0.39 is 45.7 Å². The summed E-state index contributed by atoms with van der Waals surface area (Å²) in [6.07, 6.45) is 0.939. The minimum absolute atomic E-state index is 0.190. The number of carbonyl (C=O) groups excluding carboxylic acids is 2. The lowest BCUT2D eigenvalue weighted by molar-refractivity contribution is -0.148. The van der Waals surface area contributed by atoms with Crippen molar-refractivity contribution < 1.29 is 31.2 Å². The molecule has 1 saturated heterocycles. The van der Waals surface area contributed by atoms with Gasteiger partial charge in [0.25, 0.3) is 0 Å². The number of nitrogens with zero attached hydrogens (tertiary/aromatic N) is 3. The number of likely N-dealkylation sites (tertiary alicyclic amines) is 1. The molecule has 1 aliphatic heterocycles. The van der Waals surface area contributed by atoms with Gasteiger partial charge in [-0.3, -0.25) is 9.59 Å². The Morgan fingerprint density at radius 2 is 2.04 bits per heavy atom. The van der Waals surface area contributed by atoms with Crippen molar-refractivity contribution in [3.05, 3.63) is 18.7 Å². The van der Waals surface area contributed by atoms with Gasteiger partial charge in [0.1, 0.15) is 17.8 Å². The molecule has 146 valence electrons. The lowest BCUT2D eigenvalue weighted by Gasteiger charge is -2.42. The maximum atomic E-state index is 12.6. The van der Waals surface area contributed by atoms with Gasteiger partial charge in [-0.05, 0) is 12.8 Å². The summed E-state index contributed by atoms with van der Waals surface area (Å²) in [6.45, 7) is -1.52. The van der Waals surface area contributed by atoms with E-state index in [1.165, 1.54) is 28.2 Å². The van der Waals surface area contributed by atoms with Crippen molar-refractivity contribution in [1.82, 2.24) is 19.8 Å². The van der Waals surface area contributed by atoms with Gasteiger partial charge in [0.15, 0.2) is 9.84 Å². The number of sulfone groups is 1. The molecule has 26 heavy (non-hydrogen) atoms. The Morgan fingerprint density at radius 3 is 2.58 bits per heavy atom. The van der Waals surface area contributed by atoms with Crippen molar-refractivity contribution in [3.8, 4) is 0 Å². The van der Waals surface area contributed by atoms with Crippen molar-refractivity contribution in [1.29, 1.82) is 0 Å². The molecule has 0 radical (unpaired) electrons. The summed E-state index contributed by atoms with van der Waals surface area (Å²) in [6, 6.07) is 0. The van der Waals surface area contributed by atoms with Gasteiger partial charge in [-0.25, -0.2) is 13.4 Å². The van der Waals surface area contributed by atoms with Crippen LogP contribution in [0.3, 0.4) is 0 Å². The summed E-state index contributed by atoms with van der Waals surface area (Å²) in [5.74, 6) is -2.32. The minimum atomic E-state index is -4.58. The van der Waals surface area contributed by atoms with E-state index in [1.807, 2.05) is 5.32 Å². The minimum Gasteiger partial charge on any atom is -0.345 e. The zero-order chi connectivity index (χ0) is 19.6. The van der Waals surface area contributed by atoms with E-state index in [0.717, 1.165) is 6.26 Å². The highest BCUT2D eigenvalue weighted by Crippen LogP contribution is 2.30. The fourth-order valence-corrected chi connectivity index (χ4v) is 3.57. The van der Waals surface area contributed by atoms with Crippen LogP contribution in [0.4, 0.5) is 13.2 Å². The Balaban J connectivity index is 2.27. The van der Waals surface area contributed by atoms with E-state index in [4.69, 9.17) is 0 Å². The second kappa shape index (κ2) is 7.25. The van der Waals surface area contributed by atoms with E-state index >= 15 is 0 Å². The van der Waals surface area contributed by atoms with E-state index in [2.05, 4.69) is 4.98 Å². The largest absolute Gasteiger partial charge is 0.405 e. The second-order valence-corrected chi connectivity index (χ2v) is 8.43. The van der Waals surface area contributed by atoms with Crippen LogP contribution in [0, 0.1) is 0 Å². The maximum Gasteiger partial charge on any atom is 0.405 e. The van der Waals surface area contributed by atoms with Gasteiger partial charge in [0.2, 0.25) is 11.8 Å². The van der Waals surface area contributed by atoms with Gasteiger partial charge in [0.05, 0.1) is 12.9 Å². The first-order chi connectivity index (χ1) is 11.9. The molecule has 2 amide bonds. The summed E-state index contributed by atoms with van der Waals surface area (Å²) < 4.78 is 61.5. The van der Waals surface area contributed by atoms with Gasteiger partial charge in [-0.1, -0.05) is 0 Å². The molecule has 1 aromatic rings. The number of aromatic nitrogens is 2. The van der Waals surface area contributed by atoms with Crippen molar-refractivity contribution in [2.75, 3.05) is 31.6 Å². The average molecular weight is 396 g/mol. The smallest absolute Gasteiger partial charge is 0.345 e. The highest BCUT2D eigenvalue weighted by atomic mass is 32.2. The number of amides is 2. The highest BCUT2D eigenvalue weighted by Gasteiger charge is 2.46. The molecule has 1 fully saturated rings. The predicted octanol–water partition coefficient (Wildman–Crippen LogP) is -0.0761. The topological polar surface area (TPSA) is 101 Å². The van der Waals surface area contributed by atoms with Gasteiger partial charge in [-0.2, -0.15) is 13.2 Å². The molecule has 0 saturated carbocycles. The Labute approximate surface area is 148 Å². The molecule has 1 atom stereocenters. The Morgan fingerprint density at radius 1 is 1.35 bits per heavy atom. The zero-order valence-corrected chi connectivity index (χ0v) is 14.8. The number of piperidine rings is 1. The molecule has 1 N–H and O–H groups in total. The monoisotopic (exact) mass is 396 g/mol. The van der Waals surface area contributed by atoms with Crippen molar-refractivity contribution in [2.45, 2.75) is 24.6 Å². The third-order valence-electron chi connectivity index (χ3n) is 4.08. The lowest BCUT2D eigenvalue weighted by Crippen LogP contribution is -2.60. The Hall–Kier alpha value is -2.11. The van der Waals surface area contributed by atoms with Crippen LogP contribution < -0.4 is 5.32 Å². The number of hydrogen-bond donors (Lipinski definition) is 1. The van der Waals surface area contributed by atoms with Crippen LogP contribution in [0.25, 0.3) is 0 Å². The number of alkyl halides is 3. The molecule has 1 unspecified atom stereocenters. The summed E-state index contributed by atoms with van der Waals surface area (Å²) in [4.78, 5) is 29.8. The van der Waals surface area contributed by atoms with Crippen molar-refractivity contribution >= 4 is 21.7 Å². The quantitative estimate of drug-likeness (QED) is 0.751. The number of hydrogen-bond acceptors (Lipinski definition) is 5. The van der Waals surface area contributed by atoms with E-state index in [9.17, 15) is 31.2 Å². The normalized spacial score (nSPS) is 21.5. The average Bonchev–Trinajstić information content (AvgIpc) is 3.05. The Kier molecular flexibility index (Phi) is 5.64. The van der Waals surface area contributed by atoms with Crippen LogP contribution in [0.15, 0.2) is 18.7 Å². The molecule has 2 rings (SSSR count). The zero-order valence-electron chi connectivity index (χ0n) is 14.0. The van der Waals surface area contributed by atoms with Gasteiger partial charge in [0, 0.05) is 25.2 Å². The van der Waals surface area contributed by atoms with Crippen LogP contribution in [0.5, 0.6) is 0 Å². The fraction of sp³-hybridized carbons (Fsp3) is 0.643. The predicted molar refractivity (Wildman–Crippen MR) is 84.8 cm³/mol. The molecule has 1 aromatic heterocycles. The van der Waals surface area contributed by atoms with Crippen LogP contribution in [0.1, 0.15) is 12.8 Å². The Bertz CT molecular complexity index is 764. The first kappa shape index (κ1) is 20.2. The molecule has 0 spiro atoms. The number of rotatable bonds is 5. The summed E-state index contributed by atoms with van der Waals surface area (Å²) in [5, 5.41) is 1.86. The number of nitrogens with one attached hydrogen (secondary N) is 1. The molecule has 8 nitrogen and oxygen atoms in total. The lowest BCUT2D eigenvalue weighted by atomic mass is 9.87. The van der Waals surface area contributed by atoms with Gasteiger partial charge >= 0.3 is 6.18 Å². The number of carbonyl (C=O) groups is 2. The second-order valence-electron chi connectivity index (χ2n) is 6.29. The van der Waals surface area contributed by atoms with Crippen molar-refractivity contribution in [3.63, 3.8) is 0 Å². The number of halogens is 3. The van der Waals surface area contributed by atoms with Gasteiger partial charge < -0.3 is 14.8 Å². The SMILES string of the molecule is CS(=O)(=O)CC(=O)N1CCCC(C(=O)NCC(F)(F)F)(n2ccnc2)C1. The third-order valence-corrected chi connectivity index (χ3v) is 4.85. The van der Waals surface area contributed by atoms with Crippen LogP contribution in [-0.2, 0) is 25.0 Å². The molecule has 0 aromatic carbocycles. The highest BCUT2D eigenvalue weighted by molar-refractivity contribution is 7.91. The van der Waals surface area contributed by atoms with Crippen LogP contribution in [-0.4, -0.2) is 72.5 Å². The summed E-state index contributed by atoms with van der Waals surface area (Å²) >= 11 is 0. The standard InChI is InChI=1S/C14H19F3N4O4S/c1-26(24,25)7-11(22)20-5-2-3-13(9-20,21-6-4-18-10-21)12(23)19-8-14(15,16)17/h4,6,10H,2-3,5,7-9H2,1H3,(H,19,23). The van der Waals surface area contributed by atoms with Gasteiger partial charge in [-0.15, -0.1) is 0 Å². The first-order valence-electron chi connectivity index (χ1n) is 7.72. The molecule has 1 aliphatic rings. The molecule has 0 bridgehead atoms. The fourth-order valence-electron chi connectivity index (χ4n) is 2.94. The summed E-state index contributed by atoms with van der Waals surface area (Å²) in [7, 11) is -3.57. The molecular formula is C14H19F3N4O4S. The van der Waals surface area contributed by atoms with Crippen molar-refractivity contribution in [2.24, 2.45) is 0 Å². The first-order valence-corrected chi connectivity index (χ1v) is 9.78. The van der Waals surface area contributed by atoms with E-state index in [1.54, 1.807) is 0 Å². The molecule has 0 aliphatic carbocycles. The number of imidazole rings is 1. The molecule has 2 heterocycles. The molecular weight excluding hydrogens is 377 g/mol. The van der Waals surface area contributed by atoms with E-state index in [-0.39, 0.29) is 19.5 Å². The maximum absolute atomic E-state index is 12.6.